The Bertz CT molecular complexity index is 353. The van der Waals surface area contributed by atoms with Crippen LogP contribution < -0.4 is 10.2 Å². The number of hydrogen-bond donors (Lipinski definition) is 1. The molecule has 0 saturated heterocycles. The summed E-state index contributed by atoms with van der Waals surface area (Å²) in [7, 11) is 2.06. The van der Waals surface area contributed by atoms with Gasteiger partial charge in [-0.05, 0) is 46.2 Å². The third-order valence-electron chi connectivity index (χ3n) is 3.12. The largest absolute Gasteiger partial charge is 0.356 e. The summed E-state index contributed by atoms with van der Waals surface area (Å²) < 4.78 is 0. The summed E-state index contributed by atoms with van der Waals surface area (Å²) in [5.41, 5.74) is 1.08. The van der Waals surface area contributed by atoms with Crippen LogP contribution in [0, 0.1) is 0 Å². The van der Waals surface area contributed by atoms with Crippen LogP contribution in [0.3, 0.4) is 0 Å². The summed E-state index contributed by atoms with van der Waals surface area (Å²) >= 11 is 0. The van der Waals surface area contributed by atoms with Gasteiger partial charge in [-0.1, -0.05) is 6.92 Å². The molecule has 0 aromatic carbocycles. The Labute approximate surface area is 111 Å². The molecule has 1 unspecified atom stereocenters. The minimum atomic E-state index is 0.105. The molecule has 0 bridgehead atoms. The number of aromatic nitrogens is 2. The Morgan fingerprint density at radius 1 is 1.28 bits per heavy atom. The van der Waals surface area contributed by atoms with Crippen LogP contribution in [0.25, 0.3) is 0 Å². The summed E-state index contributed by atoms with van der Waals surface area (Å²) in [6, 6.07) is 4.57. The minimum Gasteiger partial charge on any atom is -0.356 e. The van der Waals surface area contributed by atoms with Crippen LogP contribution in [0.2, 0.25) is 0 Å². The molecule has 4 nitrogen and oxygen atoms in total. The van der Waals surface area contributed by atoms with Crippen molar-refractivity contribution in [2.24, 2.45) is 0 Å². The van der Waals surface area contributed by atoms with Gasteiger partial charge >= 0.3 is 0 Å². The Balaban J connectivity index is 2.63. The maximum Gasteiger partial charge on any atom is 0.151 e. The molecule has 1 aromatic rings. The fourth-order valence-corrected chi connectivity index (χ4v) is 1.49. The molecule has 4 heteroatoms. The summed E-state index contributed by atoms with van der Waals surface area (Å²) in [4.78, 5) is 2.16. The third kappa shape index (κ3) is 4.61. The van der Waals surface area contributed by atoms with Gasteiger partial charge in [-0.3, -0.25) is 0 Å². The second kappa shape index (κ2) is 6.14. The van der Waals surface area contributed by atoms with Crippen LogP contribution in [0.5, 0.6) is 0 Å². The zero-order valence-corrected chi connectivity index (χ0v) is 12.5. The summed E-state index contributed by atoms with van der Waals surface area (Å²) in [5, 5.41) is 12.0. The van der Waals surface area contributed by atoms with Gasteiger partial charge in [0.15, 0.2) is 5.82 Å². The molecule has 18 heavy (non-hydrogen) atoms. The van der Waals surface area contributed by atoms with Crippen LogP contribution in [0.1, 0.15) is 46.7 Å². The van der Waals surface area contributed by atoms with Gasteiger partial charge in [0.25, 0.3) is 0 Å². The van der Waals surface area contributed by atoms with Gasteiger partial charge in [-0.25, -0.2) is 0 Å². The predicted octanol–water partition coefficient (Wildman–Crippen LogP) is 2.60. The van der Waals surface area contributed by atoms with Crippen molar-refractivity contribution in [1.29, 1.82) is 0 Å². The van der Waals surface area contributed by atoms with Gasteiger partial charge in [0.1, 0.15) is 0 Å². The molecule has 1 heterocycles. The fraction of sp³-hybridized carbons (Fsp3) is 0.714. The molecule has 1 aromatic heterocycles. The Morgan fingerprint density at radius 3 is 2.39 bits per heavy atom. The Kier molecular flexibility index (Phi) is 5.08. The average molecular weight is 250 g/mol. The number of rotatable bonds is 5. The average Bonchev–Trinajstić information content (AvgIpc) is 2.34. The van der Waals surface area contributed by atoms with Crippen molar-refractivity contribution in [2.75, 3.05) is 11.9 Å². The number of nitrogens with one attached hydrogen (secondary N) is 1. The lowest BCUT2D eigenvalue weighted by atomic mass is 10.1. The van der Waals surface area contributed by atoms with Gasteiger partial charge in [0, 0.05) is 25.2 Å². The van der Waals surface area contributed by atoms with Crippen molar-refractivity contribution in [3.8, 4) is 0 Å². The molecule has 0 aliphatic carbocycles. The van der Waals surface area contributed by atoms with Crippen LogP contribution in [0.4, 0.5) is 5.82 Å². The van der Waals surface area contributed by atoms with Crippen LogP contribution in [-0.4, -0.2) is 28.8 Å². The zero-order chi connectivity index (χ0) is 13.8. The molecular weight excluding hydrogens is 224 g/mol. The van der Waals surface area contributed by atoms with Crippen molar-refractivity contribution in [2.45, 2.75) is 59.2 Å². The summed E-state index contributed by atoms with van der Waals surface area (Å²) in [6.07, 6.45) is 1.10. The third-order valence-corrected chi connectivity index (χ3v) is 3.12. The van der Waals surface area contributed by atoms with E-state index in [4.69, 9.17) is 0 Å². The standard InChI is InChI=1S/C14H26N4/c1-7-11(2)18(6)13-9-8-12(16-17-13)10-15-14(3,4)5/h8-9,11,15H,7,10H2,1-6H3. The second-order valence-corrected chi connectivity index (χ2v) is 5.85. The normalized spacial score (nSPS) is 13.4. The minimum absolute atomic E-state index is 0.105. The maximum atomic E-state index is 4.28. The lowest BCUT2D eigenvalue weighted by Gasteiger charge is -2.24. The van der Waals surface area contributed by atoms with Crippen LogP contribution >= 0.6 is 0 Å². The molecule has 1 N–H and O–H groups in total. The van der Waals surface area contributed by atoms with Gasteiger partial charge in [-0.15, -0.1) is 5.10 Å². The quantitative estimate of drug-likeness (QED) is 0.872. The van der Waals surface area contributed by atoms with Gasteiger partial charge in [0.2, 0.25) is 0 Å². The molecule has 0 aliphatic rings. The van der Waals surface area contributed by atoms with Crippen molar-refractivity contribution in [1.82, 2.24) is 15.5 Å². The van der Waals surface area contributed by atoms with E-state index in [9.17, 15) is 0 Å². The highest BCUT2D eigenvalue weighted by Gasteiger charge is 2.11. The van der Waals surface area contributed by atoms with Crippen molar-refractivity contribution in [3.05, 3.63) is 17.8 Å². The molecule has 0 amide bonds. The highest BCUT2D eigenvalue weighted by Crippen LogP contribution is 2.12. The molecule has 102 valence electrons. The molecule has 1 atom stereocenters. The first-order valence-electron chi connectivity index (χ1n) is 6.64. The van der Waals surface area contributed by atoms with E-state index in [0.29, 0.717) is 6.04 Å². The van der Waals surface area contributed by atoms with Gasteiger partial charge in [0.05, 0.1) is 5.69 Å². The van der Waals surface area contributed by atoms with E-state index in [2.05, 4.69) is 62.1 Å². The second-order valence-electron chi connectivity index (χ2n) is 5.85. The van der Waals surface area contributed by atoms with E-state index in [-0.39, 0.29) is 5.54 Å². The van der Waals surface area contributed by atoms with E-state index in [0.717, 1.165) is 24.5 Å². The molecular formula is C14H26N4. The zero-order valence-electron chi connectivity index (χ0n) is 12.5. The van der Waals surface area contributed by atoms with Gasteiger partial charge in [-0.2, -0.15) is 5.10 Å². The maximum absolute atomic E-state index is 4.28. The first kappa shape index (κ1) is 14.9. The first-order chi connectivity index (χ1) is 8.33. The van der Waals surface area contributed by atoms with E-state index >= 15 is 0 Å². The molecule has 0 spiro atoms. The molecule has 0 aliphatic heterocycles. The summed E-state index contributed by atoms with van der Waals surface area (Å²) in [6.45, 7) is 11.6. The van der Waals surface area contributed by atoms with E-state index in [1.807, 2.05) is 12.1 Å². The van der Waals surface area contributed by atoms with Crippen LogP contribution in [0.15, 0.2) is 12.1 Å². The Morgan fingerprint density at radius 2 is 1.94 bits per heavy atom. The van der Waals surface area contributed by atoms with E-state index in [1.54, 1.807) is 0 Å². The van der Waals surface area contributed by atoms with E-state index in [1.165, 1.54) is 0 Å². The smallest absolute Gasteiger partial charge is 0.151 e. The Hall–Kier alpha value is -1.16. The van der Waals surface area contributed by atoms with Crippen molar-refractivity contribution < 1.29 is 0 Å². The van der Waals surface area contributed by atoms with Gasteiger partial charge < -0.3 is 10.2 Å². The molecule has 1 rings (SSSR count). The first-order valence-corrected chi connectivity index (χ1v) is 6.64. The number of anilines is 1. The predicted molar refractivity (Wildman–Crippen MR) is 76.8 cm³/mol. The number of hydrogen-bond acceptors (Lipinski definition) is 4. The number of nitrogens with zero attached hydrogens (tertiary/aromatic N) is 3. The highest BCUT2D eigenvalue weighted by molar-refractivity contribution is 5.37. The molecule has 0 fully saturated rings. The monoisotopic (exact) mass is 250 g/mol. The lowest BCUT2D eigenvalue weighted by Crippen LogP contribution is -2.35. The topological polar surface area (TPSA) is 41.0 Å². The van der Waals surface area contributed by atoms with Crippen molar-refractivity contribution >= 4 is 5.82 Å². The lowest BCUT2D eigenvalue weighted by molar-refractivity contribution is 0.420. The van der Waals surface area contributed by atoms with Crippen molar-refractivity contribution in [3.63, 3.8) is 0 Å². The van der Waals surface area contributed by atoms with E-state index < -0.39 is 0 Å². The SMILES string of the molecule is CCC(C)N(C)c1ccc(CNC(C)(C)C)nn1. The molecule has 0 saturated carbocycles. The summed E-state index contributed by atoms with van der Waals surface area (Å²) in [5.74, 6) is 0.934. The fourth-order valence-electron chi connectivity index (χ4n) is 1.49. The highest BCUT2D eigenvalue weighted by atomic mass is 15.3. The molecule has 0 radical (unpaired) electrons. The van der Waals surface area contributed by atoms with Crippen LogP contribution in [-0.2, 0) is 6.54 Å².